The maximum atomic E-state index is 12.9. The maximum Gasteiger partial charge on any atom is 0.319 e. The number of esters is 1. The van der Waals surface area contributed by atoms with Crippen LogP contribution in [0.1, 0.15) is 39.0 Å². The highest BCUT2D eigenvalue weighted by atomic mass is 32.2. The van der Waals surface area contributed by atoms with Gasteiger partial charge in [-0.3, -0.25) is 14.4 Å². The fourth-order valence-corrected chi connectivity index (χ4v) is 3.65. The second-order valence-corrected chi connectivity index (χ2v) is 8.25. The smallest absolute Gasteiger partial charge is 0.319 e. The third-order valence-electron chi connectivity index (χ3n) is 4.57. The Bertz CT molecular complexity index is 773. The number of hydrogen-bond donors (Lipinski definition) is 2. The third-order valence-corrected chi connectivity index (χ3v) is 5.69. The SMILES string of the molecule is C[C@H](SCC(=O)Nc1ccc(F)cc1)C(=O)OCC(=O)NC1(C#N)CCCCC1. The molecule has 9 heteroatoms. The van der Waals surface area contributed by atoms with Crippen molar-refractivity contribution < 1.29 is 23.5 Å². The molecule has 1 atom stereocenters. The zero-order valence-corrected chi connectivity index (χ0v) is 17.0. The molecule has 0 aliphatic heterocycles. The Morgan fingerprint density at radius 2 is 1.86 bits per heavy atom. The lowest BCUT2D eigenvalue weighted by atomic mass is 9.83. The van der Waals surface area contributed by atoms with Crippen molar-refractivity contribution in [3.8, 4) is 6.07 Å². The van der Waals surface area contributed by atoms with E-state index in [1.54, 1.807) is 6.92 Å². The Hall–Kier alpha value is -2.60. The molecule has 1 aromatic rings. The summed E-state index contributed by atoms with van der Waals surface area (Å²) in [6, 6.07) is 7.52. The zero-order chi connectivity index (χ0) is 21.3. The van der Waals surface area contributed by atoms with Crippen molar-refractivity contribution in [3.63, 3.8) is 0 Å². The molecule has 0 aromatic heterocycles. The molecule has 0 bridgehead atoms. The first-order valence-electron chi connectivity index (χ1n) is 9.39. The van der Waals surface area contributed by atoms with Gasteiger partial charge in [0.1, 0.15) is 16.6 Å². The average molecular weight is 421 g/mol. The first-order chi connectivity index (χ1) is 13.8. The number of carbonyl (C=O) groups excluding carboxylic acids is 3. The fraction of sp³-hybridized carbons (Fsp3) is 0.500. The predicted molar refractivity (Wildman–Crippen MR) is 107 cm³/mol. The molecule has 1 aromatic carbocycles. The second-order valence-electron chi connectivity index (χ2n) is 6.92. The number of nitrogens with one attached hydrogen (secondary N) is 2. The molecule has 0 heterocycles. The number of nitriles is 1. The number of amides is 2. The molecule has 7 nitrogen and oxygen atoms in total. The Kier molecular flexibility index (Phi) is 8.46. The molecule has 0 saturated heterocycles. The summed E-state index contributed by atoms with van der Waals surface area (Å²) in [4.78, 5) is 36.0. The van der Waals surface area contributed by atoms with Crippen LogP contribution in [-0.2, 0) is 19.1 Å². The lowest BCUT2D eigenvalue weighted by Crippen LogP contribution is -2.50. The highest BCUT2D eigenvalue weighted by Crippen LogP contribution is 2.27. The molecule has 1 aliphatic carbocycles. The molecule has 0 radical (unpaired) electrons. The molecular weight excluding hydrogens is 397 g/mol. The normalized spacial score (nSPS) is 16.2. The van der Waals surface area contributed by atoms with Gasteiger partial charge < -0.3 is 15.4 Å². The molecule has 1 fully saturated rings. The number of hydrogen-bond acceptors (Lipinski definition) is 6. The van der Waals surface area contributed by atoms with Crippen molar-refractivity contribution >= 4 is 35.2 Å². The van der Waals surface area contributed by atoms with Gasteiger partial charge >= 0.3 is 5.97 Å². The summed E-state index contributed by atoms with van der Waals surface area (Å²) in [6.45, 7) is 1.11. The summed E-state index contributed by atoms with van der Waals surface area (Å²) in [5.41, 5.74) is -0.418. The number of thioether (sulfide) groups is 1. The van der Waals surface area contributed by atoms with Crippen LogP contribution < -0.4 is 10.6 Å². The van der Waals surface area contributed by atoms with E-state index in [-0.39, 0.29) is 11.7 Å². The molecule has 0 unspecified atom stereocenters. The molecular formula is C20H24FN3O4S. The van der Waals surface area contributed by atoms with E-state index in [4.69, 9.17) is 4.74 Å². The number of halogens is 1. The Balaban J connectivity index is 1.70. The summed E-state index contributed by atoms with van der Waals surface area (Å²) in [5.74, 6) is -1.87. The number of ether oxygens (including phenoxy) is 1. The lowest BCUT2D eigenvalue weighted by Gasteiger charge is -2.31. The minimum absolute atomic E-state index is 0.00260. The van der Waals surface area contributed by atoms with Crippen molar-refractivity contribution in [3.05, 3.63) is 30.1 Å². The van der Waals surface area contributed by atoms with Crippen molar-refractivity contribution in [2.75, 3.05) is 17.7 Å². The number of nitrogens with zero attached hydrogens (tertiary/aromatic N) is 1. The van der Waals surface area contributed by atoms with E-state index in [9.17, 15) is 24.0 Å². The maximum absolute atomic E-state index is 12.9. The van der Waals surface area contributed by atoms with Gasteiger partial charge in [-0.05, 0) is 44.0 Å². The van der Waals surface area contributed by atoms with Gasteiger partial charge in [0.05, 0.1) is 11.8 Å². The standard InChI is InChI=1S/C20H24FN3O4S/c1-14(29-12-18(26)23-16-7-5-15(21)6-8-16)19(27)28-11-17(25)24-20(13-22)9-3-2-4-10-20/h5-8,14H,2-4,9-12H2,1H3,(H,23,26)(H,24,25)/t14-/m0/s1. The summed E-state index contributed by atoms with van der Waals surface area (Å²) in [5, 5.41) is 14.0. The molecule has 156 valence electrons. The molecule has 2 N–H and O–H groups in total. The summed E-state index contributed by atoms with van der Waals surface area (Å²) in [6.07, 6.45) is 3.98. The quantitative estimate of drug-likeness (QED) is 0.625. The number of rotatable bonds is 8. The van der Waals surface area contributed by atoms with E-state index >= 15 is 0 Å². The number of carbonyl (C=O) groups is 3. The van der Waals surface area contributed by atoms with Gasteiger partial charge in [-0.1, -0.05) is 19.3 Å². The van der Waals surface area contributed by atoms with Gasteiger partial charge in [0.2, 0.25) is 5.91 Å². The van der Waals surface area contributed by atoms with Gasteiger partial charge in [-0.2, -0.15) is 5.26 Å². The van der Waals surface area contributed by atoms with Crippen LogP contribution in [0.4, 0.5) is 10.1 Å². The van der Waals surface area contributed by atoms with Gasteiger partial charge in [-0.25, -0.2) is 4.39 Å². The van der Waals surface area contributed by atoms with Crippen LogP contribution >= 0.6 is 11.8 Å². The zero-order valence-electron chi connectivity index (χ0n) is 16.2. The molecule has 1 saturated carbocycles. The van der Waals surface area contributed by atoms with Crippen LogP contribution in [0.15, 0.2) is 24.3 Å². The predicted octanol–water partition coefficient (Wildman–Crippen LogP) is 2.77. The van der Waals surface area contributed by atoms with E-state index in [2.05, 4.69) is 16.7 Å². The molecule has 1 aliphatic rings. The van der Waals surface area contributed by atoms with Crippen LogP contribution in [0.5, 0.6) is 0 Å². The van der Waals surface area contributed by atoms with E-state index in [0.717, 1.165) is 31.0 Å². The van der Waals surface area contributed by atoms with Crippen LogP contribution in [-0.4, -0.2) is 40.9 Å². The molecule has 29 heavy (non-hydrogen) atoms. The first-order valence-corrected chi connectivity index (χ1v) is 10.4. The summed E-state index contributed by atoms with van der Waals surface area (Å²) >= 11 is 1.06. The van der Waals surface area contributed by atoms with Crippen LogP contribution in [0.2, 0.25) is 0 Å². The Morgan fingerprint density at radius 1 is 1.21 bits per heavy atom. The van der Waals surface area contributed by atoms with Crippen molar-refractivity contribution in [1.29, 1.82) is 5.26 Å². The Morgan fingerprint density at radius 3 is 2.48 bits per heavy atom. The third kappa shape index (κ3) is 7.38. The number of anilines is 1. The molecule has 0 spiro atoms. The van der Waals surface area contributed by atoms with E-state index < -0.39 is 35.1 Å². The van der Waals surface area contributed by atoms with Gasteiger partial charge in [0.15, 0.2) is 6.61 Å². The average Bonchev–Trinajstić information content (AvgIpc) is 2.72. The topological polar surface area (TPSA) is 108 Å². The van der Waals surface area contributed by atoms with E-state index in [1.807, 2.05) is 0 Å². The highest BCUT2D eigenvalue weighted by Gasteiger charge is 2.33. The molecule has 2 rings (SSSR count). The summed E-state index contributed by atoms with van der Waals surface area (Å²) in [7, 11) is 0. The van der Waals surface area contributed by atoms with Gasteiger partial charge in [-0.15, -0.1) is 11.8 Å². The lowest BCUT2D eigenvalue weighted by molar-refractivity contribution is -0.148. The minimum Gasteiger partial charge on any atom is -0.455 e. The monoisotopic (exact) mass is 421 g/mol. The van der Waals surface area contributed by atoms with Crippen molar-refractivity contribution in [2.24, 2.45) is 0 Å². The van der Waals surface area contributed by atoms with E-state index in [1.165, 1.54) is 24.3 Å². The Labute approximate surface area is 173 Å². The van der Waals surface area contributed by atoms with Crippen molar-refractivity contribution in [1.82, 2.24) is 5.32 Å². The first kappa shape index (κ1) is 22.7. The van der Waals surface area contributed by atoms with Crippen LogP contribution in [0.25, 0.3) is 0 Å². The van der Waals surface area contributed by atoms with Crippen molar-refractivity contribution in [2.45, 2.75) is 49.8 Å². The van der Waals surface area contributed by atoms with Crippen LogP contribution in [0, 0.1) is 17.1 Å². The van der Waals surface area contributed by atoms with E-state index in [0.29, 0.717) is 18.5 Å². The largest absolute Gasteiger partial charge is 0.455 e. The highest BCUT2D eigenvalue weighted by molar-refractivity contribution is 8.01. The van der Waals surface area contributed by atoms with Gasteiger partial charge in [0, 0.05) is 5.69 Å². The summed E-state index contributed by atoms with van der Waals surface area (Å²) < 4.78 is 17.9. The second kappa shape index (κ2) is 10.8. The van der Waals surface area contributed by atoms with Gasteiger partial charge in [0.25, 0.3) is 5.91 Å². The molecule has 2 amide bonds. The fourth-order valence-electron chi connectivity index (χ4n) is 2.98. The number of benzene rings is 1. The van der Waals surface area contributed by atoms with Crippen LogP contribution in [0.3, 0.4) is 0 Å². The minimum atomic E-state index is -0.874.